The average Bonchev–Trinajstić information content (AvgIpc) is 2.48. The van der Waals surface area contributed by atoms with E-state index in [1.54, 1.807) is 0 Å². The zero-order chi connectivity index (χ0) is 14.5. The fraction of sp³-hybridized carbons (Fsp3) is 0.294. The molecule has 0 aliphatic heterocycles. The topological polar surface area (TPSA) is 29.5 Å². The number of ether oxygens (including phenoxy) is 1. The summed E-state index contributed by atoms with van der Waals surface area (Å²) in [5, 5.41) is 9.44. The lowest BCUT2D eigenvalue weighted by Crippen LogP contribution is -1.98. The van der Waals surface area contributed by atoms with E-state index in [4.69, 9.17) is 4.74 Å². The summed E-state index contributed by atoms with van der Waals surface area (Å²) in [6, 6.07) is 13.7. The number of benzene rings is 2. The van der Waals surface area contributed by atoms with Crippen LogP contribution in [0.3, 0.4) is 0 Å². The lowest BCUT2D eigenvalue weighted by Gasteiger charge is -2.17. The Kier molecular flexibility index (Phi) is 5.21. The van der Waals surface area contributed by atoms with Gasteiger partial charge < -0.3 is 9.84 Å². The van der Waals surface area contributed by atoms with Crippen molar-refractivity contribution in [2.45, 2.75) is 32.8 Å². The zero-order valence-electron chi connectivity index (χ0n) is 11.8. The monoisotopic (exact) mass is 334 g/mol. The molecule has 0 saturated heterocycles. The van der Waals surface area contributed by atoms with Crippen LogP contribution in [0.25, 0.3) is 0 Å². The van der Waals surface area contributed by atoms with Crippen molar-refractivity contribution >= 4 is 15.9 Å². The SMILES string of the molecule is CCC(C)c1ccccc1Oc1ccc(Br)cc1CO. The van der Waals surface area contributed by atoms with E-state index < -0.39 is 0 Å². The lowest BCUT2D eigenvalue weighted by molar-refractivity contribution is 0.276. The molecule has 0 fully saturated rings. The normalized spacial score (nSPS) is 12.2. The minimum Gasteiger partial charge on any atom is -0.457 e. The third-order valence-corrected chi connectivity index (χ3v) is 3.97. The summed E-state index contributed by atoms with van der Waals surface area (Å²) in [5.41, 5.74) is 1.97. The molecule has 1 unspecified atom stereocenters. The first kappa shape index (κ1) is 15.1. The van der Waals surface area contributed by atoms with Gasteiger partial charge in [0.25, 0.3) is 0 Å². The van der Waals surface area contributed by atoms with Crippen molar-refractivity contribution in [3.8, 4) is 11.5 Å². The van der Waals surface area contributed by atoms with Crippen LogP contribution in [0.5, 0.6) is 11.5 Å². The van der Waals surface area contributed by atoms with E-state index >= 15 is 0 Å². The van der Waals surface area contributed by atoms with Gasteiger partial charge in [0.05, 0.1) is 6.61 Å². The van der Waals surface area contributed by atoms with Crippen LogP contribution in [0, 0.1) is 0 Å². The van der Waals surface area contributed by atoms with Gasteiger partial charge in [-0.25, -0.2) is 0 Å². The Labute approximate surface area is 128 Å². The molecule has 0 amide bonds. The van der Waals surface area contributed by atoms with E-state index in [1.807, 2.05) is 36.4 Å². The molecule has 1 atom stereocenters. The molecule has 0 aliphatic carbocycles. The Morgan fingerprint density at radius 1 is 1.15 bits per heavy atom. The maximum atomic E-state index is 9.44. The molecule has 0 saturated carbocycles. The minimum atomic E-state index is -0.0414. The fourth-order valence-corrected chi connectivity index (χ4v) is 2.50. The molecule has 106 valence electrons. The molecule has 2 nitrogen and oxygen atoms in total. The van der Waals surface area contributed by atoms with Gasteiger partial charge in [0.1, 0.15) is 11.5 Å². The fourth-order valence-electron chi connectivity index (χ4n) is 2.09. The largest absolute Gasteiger partial charge is 0.457 e. The van der Waals surface area contributed by atoms with Crippen molar-refractivity contribution in [2.24, 2.45) is 0 Å². The standard InChI is InChI=1S/C17H19BrO2/c1-3-12(2)15-6-4-5-7-17(15)20-16-9-8-14(18)10-13(16)11-19/h4-10,12,19H,3,11H2,1-2H3. The maximum absolute atomic E-state index is 9.44. The molecule has 1 N–H and O–H groups in total. The quantitative estimate of drug-likeness (QED) is 0.809. The van der Waals surface area contributed by atoms with E-state index in [-0.39, 0.29) is 6.61 Å². The van der Waals surface area contributed by atoms with Gasteiger partial charge in [-0.2, -0.15) is 0 Å². The molecule has 0 bridgehead atoms. The number of hydrogen-bond acceptors (Lipinski definition) is 2. The number of aliphatic hydroxyl groups excluding tert-OH is 1. The predicted molar refractivity (Wildman–Crippen MR) is 85.3 cm³/mol. The Balaban J connectivity index is 2.35. The van der Waals surface area contributed by atoms with Crippen LogP contribution in [0.2, 0.25) is 0 Å². The molecule has 2 aromatic rings. The number of hydrogen-bond donors (Lipinski definition) is 1. The van der Waals surface area contributed by atoms with Crippen LogP contribution in [0.15, 0.2) is 46.9 Å². The van der Waals surface area contributed by atoms with Gasteiger partial charge in [0.15, 0.2) is 0 Å². The van der Waals surface area contributed by atoms with E-state index in [1.165, 1.54) is 5.56 Å². The highest BCUT2D eigenvalue weighted by molar-refractivity contribution is 9.10. The first-order valence-corrected chi connectivity index (χ1v) is 7.61. The van der Waals surface area contributed by atoms with Crippen LogP contribution < -0.4 is 4.74 Å². The number of aliphatic hydroxyl groups is 1. The van der Waals surface area contributed by atoms with Crippen molar-refractivity contribution in [3.05, 3.63) is 58.1 Å². The van der Waals surface area contributed by atoms with E-state index in [0.29, 0.717) is 11.7 Å². The second kappa shape index (κ2) is 6.91. The predicted octanol–water partition coefficient (Wildman–Crippen LogP) is 5.25. The Morgan fingerprint density at radius 3 is 2.60 bits per heavy atom. The smallest absolute Gasteiger partial charge is 0.133 e. The summed E-state index contributed by atoms with van der Waals surface area (Å²) in [6.07, 6.45) is 1.06. The number of halogens is 1. The van der Waals surface area contributed by atoms with Gasteiger partial charge in [-0.15, -0.1) is 0 Å². The molecule has 0 radical (unpaired) electrons. The minimum absolute atomic E-state index is 0.0414. The van der Waals surface area contributed by atoms with Gasteiger partial charge >= 0.3 is 0 Å². The van der Waals surface area contributed by atoms with Crippen LogP contribution in [-0.4, -0.2) is 5.11 Å². The first-order chi connectivity index (χ1) is 9.65. The molecule has 3 heteroatoms. The Hall–Kier alpha value is -1.32. The second-order valence-electron chi connectivity index (χ2n) is 4.86. The van der Waals surface area contributed by atoms with Gasteiger partial charge in [-0.3, -0.25) is 0 Å². The third kappa shape index (κ3) is 3.41. The molecule has 0 heterocycles. The van der Waals surface area contributed by atoms with Crippen molar-refractivity contribution in [2.75, 3.05) is 0 Å². The van der Waals surface area contributed by atoms with E-state index in [2.05, 4.69) is 35.8 Å². The molecular weight excluding hydrogens is 316 g/mol. The summed E-state index contributed by atoms with van der Waals surface area (Å²) < 4.78 is 6.96. The van der Waals surface area contributed by atoms with E-state index in [0.717, 1.165) is 22.2 Å². The molecule has 0 aliphatic rings. The highest BCUT2D eigenvalue weighted by atomic mass is 79.9. The second-order valence-corrected chi connectivity index (χ2v) is 5.78. The number of rotatable bonds is 5. The molecule has 0 spiro atoms. The van der Waals surface area contributed by atoms with Crippen LogP contribution in [0.1, 0.15) is 37.3 Å². The summed E-state index contributed by atoms with van der Waals surface area (Å²) in [7, 11) is 0. The molecule has 20 heavy (non-hydrogen) atoms. The molecule has 0 aromatic heterocycles. The van der Waals surface area contributed by atoms with Crippen molar-refractivity contribution in [1.29, 1.82) is 0 Å². The van der Waals surface area contributed by atoms with Gasteiger partial charge in [0, 0.05) is 10.0 Å². The van der Waals surface area contributed by atoms with Crippen molar-refractivity contribution in [1.82, 2.24) is 0 Å². The van der Waals surface area contributed by atoms with Crippen LogP contribution in [-0.2, 0) is 6.61 Å². The van der Waals surface area contributed by atoms with Gasteiger partial charge in [-0.1, -0.05) is 48.0 Å². The molecular formula is C17H19BrO2. The third-order valence-electron chi connectivity index (χ3n) is 3.48. The van der Waals surface area contributed by atoms with Gasteiger partial charge in [0.2, 0.25) is 0 Å². The molecule has 2 rings (SSSR count). The summed E-state index contributed by atoms with van der Waals surface area (Å²) in [6.45, 7) is 4.32. The van der Waals surface area contributed by atoms with Crippen LogP contribution >= 0.6 is 15.9 Å². The first-order valence-electron chi connectivity index (χ1n) is 6.81. The highest BCUT2D eigenvalue weighted by Crippen LogP contribution is 2.34. The van der Waals surface area contributed by atoms with Crippen molar-refractivity contribution < 1.29 is 9.84 Å². The highest BCUT2D eigenvalue weighted by Gasteiger charge is 2.12. The molecule has 2 aromatic carbocycles. The zero-order valence-corrected chi connectivity index (χ0v) is 13.4. The van der Waals surface area contributed by atoms with Crippen molar-refractivity contribution in [3.63, 3.8) is 0 Å². The Morgan fingerprint density at radius 2 is 1.90 bits per heavy atom. The van der Waals surface area contributed by atoms with Gasteiger partial charge in [-0.05, 0) is 42.2 Å². The number of para-hydroxylation sites is 1. The summed E-state index contributed by atoms with van der Waals surface area (Å²) in [5.74, 6) is 2.00. The summed E-state index contributed by atoms with van der Waals surface area (Å²) >= 11 is 3.40. The lowest BCUT2D eigenvalue weighted by atomic mass is 9.98. The van der Waals surface area contributed by atoms with Crippen LogP contribution in [0.4, 0.5) is 0 Å². The summed E-state index contributed by atoms with van der Waals surface area (Å²) in [4.78, 5) is 0. The Bertz CT molecular complexity index is 581. The van der Waals surface area contributed by atoms with E-state index in [9.17, 15) is 5.11 Å². The maximum Gasteiger partial charge on any atom is 0.133 e. The average molecular weight is 335 g/mol.